The second kappa shape index (κ2) is 34.1. The molecule has 0 aromatic carbocycles. The van der Waals surface area contributed by atoms with Gasteiger partial charge in [0.05, 0.1) is 26.2 Å². The van der Waals surface area contributed by atoms with E-state index in [4.69, 9.17) is 4.74 Å². The van der Waals surface area contributed by atoms with E-state index >= 15 is 0 Å². The monoisotopic (exact) mass is 702 g/mol. The molecular formula is C38H75N3O6S. The molecule has 0 aromatic heterocycles. The molecule has 0 aromatic rings. The normalized spacial score (nSPS) is 12.8. The molecule has 10 heteroatoms. The third-order valence-electron chi connectivity index (χ3n) is 8.79. The van der Waals surface area contributed by atoms with Crippen LogP contribution < -0.4 is 10.6 Å². The van der Waals surface area contributed by atoms with Crippen LogP contribution in [0.5, 0.6) is 0 Å². The molecule has 0 radical (unpaired) electrons. The van der Waals surface area contributed by atoms with Crippen molar-refractivity contribution in [1.82, 2.24) is 15.5 Å². The average Bonchev–Trinajstić information content (AvgIpc) is 3.06. The molecule has 0 heterocycles. The molecule has 48 heavy (non-hydrogen) atoms. The Morgan fingerprint density at radius 3 is 1.90 bits per heavy atom. The molecule has 2 amide bonds. The van der Waals surface area contributed by atoms with E-state index in [-0.39, 0.29) is 36.9 Å². The van der Waals surface area contributed by atoms with E-state index in [9.17, 15) is 24.6 Å². The van der Waals surface area contributed by atoms with Crippen molar-refractivity contribution in [3.8, 4) is 0 Å². The van der Waals surface area contributed by atoms with Crippen molar-refractivity contribution >= 4 is 29.5 Å². The molecule has 0 bridgehead atoms. The van der Waals surface area contributed by atoms with Gasteiger partial charge in [-0.3, -0.25) is 19.3 Å². The summed E-state index contributed by atoms with van der Waals surface area (Å²) in [5, 5.41) is 24.7. The zero-order chi connectivity index (χ0) is 35.7. The molecule has 284 valence electrons. The molecule has 0 spiro atoms. The Hall–Kier alpha value is -1.36. The summed E-state index contributed by atoms with van der Waals surface area (Å²) in [4.78, 5) is 41.1. The molecule has 0 rings (SSSR count). The van der Waals surface area contributed by atoms with Crippen molar-refractivity contribution in [3.63, 3.8) is 0 Å². The number of ether oxygens (including phenoxy) is 1. The Labute approximate surface area is 298 Å². The number of carbonyl (C=O) groups excluding carboxylic acids is 3. The van der Waals surface area contributed by atoms with Gasteiger partial charge in [0.1, 0.15) is 6.04 Å². The first kappa shape index (κ1) is 46.6. The first-order valence-electron chi connectivity index (χ1n) is 19.5. The minimum absolute atomic E-state index is 0.0146. The van der Waals surface area contributed by atoms with Crippen LogP contribution in [0.15, 0.2) is 0 Å². The van der Waals surface area contributed by atoms with Gasteiger partial charge in [0, 0.05) is 31.3 Å². The first-order chi connectivity index (χ1) is 23.3. The van der Waals surface area contributed by atoms with Gasteiger partial charge in [-0.1, -0.05) is 111 Å². The van der Waals surface area contributed by atoms with Crippen LogP contribution in [0.4, 0.5) is 0 Å². The molecule has 0 saturated carbocycles. The average molecular weight is 702 g/mol. The van der Waals surface area contributed by atoms with Crippen LogP contribution in [0.1, 0.15) is 150 Å². The molecule has 0 aliphatic rings. The zero-order valence-corrected chi connectivity index (χ0v) is 32.2. The molecule has 2 atom stereocenters. The van der Waals surface area contributed by atoms with Crippen molar-refractivity contribution < 1.29 is 29.3 Å². The Kier molecular flexibility index (Phi) is 33.1. The van der Waals surface area contributed by atoms with Crippen LogP contribution in [0.25, 0.3) is 0 Å². The van der Waals surface area contributed by atoms with Gasteiger partial charge < -0.3 is 25.6 Å². The smallest absolute Gasteiger partial charge is 0.306 e. The highest BCUT2D eigenvalue weighted by atomic mass is 32.2. The van der Waals surface area contributed by atoms with Crippen LogP contribution >= 0.6 is 11.8 Å². The van der Waals surface area contributed by atoms with Crippen LogP contribution in [-0.2, 0) is 19.1 Å². The van der Waals surface area contributed by atoms with Gasteiger partial charge >= 0.3 is 5.97 Å². The summed E-state index contributed by atoms with van der Waals surface area (Å²) < 4.78 is 5.40. The number of aliphatic hydroxyl groups excluding tert-OH is 2. The fraction of sp³-hybridized carbons (Fsp3) is 0.921. The number of rotatable bonds is 35. The fourth-order valence-corrected chi connectivity index (χ4v) is 6.68. The lowest BCUT2D eigenvalue weighted by molar-refractivity contribution is -0.143. The highest BCUT2D eigenvalue weighted by Gasteiger charge is 2.25. The Morgan fingerprint density at radius 2 is 1.27 bits per heavy atom. The number of aliphatic hydroxyl groups is 2. The number of thioether (sulfide) groups is 1. The molecular weight excluding hydrogens is 627 g/mol. The molecule has 0 aliphatic carbocycles. The minimum Gasteiger partial charge on any atom is -0.466 e. The number of hydrogen-bond donors (Lipinski definition) is 4. The van der Waals surface area contributed by atoms with Crippen molar-refractivity contribution in [1.29, 1.82) is 0 Å². The van der Waals surface area contributed by atoms with E-state index in [1.54, 1.807) is 11.8 Å². The van der Waals surface area contributed by atoms with Crippen LogP contribution in [0, 0.1) is 11.8 Å². The number of nitrogens with one attached hydrogen (secondary N) is 2. The summed E-state index contributed by atoms with van der Waals surface area (Å²) >= 11 is 1.61. The maximum atomic E-state index is 13.6. The highest BCUT2D eigenvalue weighted by molar-refractivity contribution is 7.99. The number of unbranched alkanes of at least 4 members (excludes halogenated alkanes) is 10. The minimum atomic E-state index is -0.628. The lowest BCUT2D eigenvalue weighted by Crippen LogP contribution is -2.49. The van der Waals surface area contributed by atoms with Gasteiger partial charge in [0.15, 0.2) is 0 Å². The van der Waals surface area contributed by atoms with Gasteiger partial charge in [-0.2, -0.15) is 11.8 Å². The molecule has 0 aliphatic heterocycles. The van der Waals surface area contributed by atoms with Crippen molar-refractivity contribution in [2.75, 3.05) is 57.5 Å². The first-order valence-corrected chi connectivity index (χ1v) is 20.7. The third-order valence-corrected chi connectivity index (χ3v) is 9.81. The van der Waals surface area contributed by atoms with Gasteiger partial charge in [0.2, 0.25) is 11.8 Å². The van der Waals surface area contributed by atoms with Crippen LogP contribution in [0.2, 0.25) is 0 Å². The van der Waals surface area contributed by atoms with Gasteiger partial charge in [0.25, 0.3) is 0 Å². The van der Waals surface area contributed by atoms with E-state index in [0.717, 1.165) is 57.8 Å². The Balaban J connectivity index is 5.04. The summed E-state index contributed by atoms with van der Waals surface area (Å²) in [5.41, 5.74) is 0. The van der Waals surface area contributed by atoms with E-state index in [1.165, 1.54) is 44.9 Å². The van der Waals surface area contributed by atoms with Crippen molar-refractivity contribution in [2.45, 2.75) is 156 Å². The maximum Gasteiger partial charge on any atom is 0.306 e. The Morgan fingerprint density at radius 1 is 0.688 bits per heavy atom. The SMILES string of the molecule is CCCCCCCCC(CCCCCC)C(=O)NC(CCSCCC(=O)OCCCCCC(C)C)C(=O)NCCCN(CCO)CCO. The van der Waals surface area contributed by atoms with Crippen LogP contribution in [-0.4, -0.2) is 96.4 Å². The Bertz CT molecular complexity index is 767. The standard InChI is InChI=1S/C38H75N3O6S/c1-5-7-9-11-12-16-21-34(20-15-10-8-6-2)37(45)40-35(38(46)39-24-18-25-41(26-28-42)27-29-43)22-31-48-32-23-36(44)47-30-17-13-14-19-33(3)4/h33-35,42-43H,5-32H2,1-4H3,(H,39,46)(H,40,45). The van der Waals surface area contributed by atoms with Gasteiger partial charge in [-0.15, -0.1) is 0 Å². The van der Waals surface area contributed by atoms with E-state index in [1.807, 2.05) is 4.90 Å². The molecule has 9 nitrogen and oxygen atoms in total. The van der Waals surface area contributed by atoms with Crippen LogP contribution in [0.3, 0.4) is 0 Å². The van der Waals surface area contributed by atoms with E-state index in [2.05, 4.69) is 38.3 Å². The second-order valence-corrected chi connectivity index (χ2v) is 14.9. The van der Waals surface area contributed by atoms with Gasteiger partial charge in [-0.25, -0.2) is 0 Å². The highest BCUT2D eigenvalue weighted by Crippen LogP contribution is 2.20. The number of hydrogen-bond acceptors (Lipinski definition) is 8. The number of amides is 2. The largest absolute Gasteiger partial charge is 0.466 e. The molecule has 0 fully saturated rings. The number of carbonyl (C=O) groups is 3. The summed E-state index contributed by atoms with van der Waals surface area (Å²) in [6.45, 7) is 11.4. The van der Waals surface area contributed by atoms with Crippen molar-refractivity contribution in [3.05, 3.63) is 0 Å². The quantitative estimate of drug-likeness (QED) is 0.0416. The molecule has 0 saturated heterocycles. The predicted octanol–water partition coefficient (Wildman–Crippen LogP) is 6.87. The predicted molar refractivity (Wildman–Crippen MR) is 201 cm³/mol. The van der Waals surface area contributed by atoms with Gasteiger partial charge in [-0.05, 0) is 50.3 Å². The lowest BCUT2D eigenvalue weighted by Gasteiger charge is -2.23. The fourth-order valence-electron chi connectivity index (χ4n) is 5.76. The maximum absolute atomic E-state index is 13.6. The summed E-state index contributed by atoms with van der Waals surface area (Å²) in [6, 6.07) is -0.628. The number of esters is 1. The summed E-state index contributed by atoms with van der Waals surface area (Å²) in [7, 11) is 0. The van der Waals surface area contributed by atoms with E-state index in [0.29, 0.717) is 69.5 Å². The summed E-state index contributed by atoms with van der Waals surface area (Å²) in [6.07, 6.45) is 19.2. The lowest BCUT2D eigenvalue weighted by atomic mass is 9.93. The molecule has 4 N–H and O–H groups in total. The van der Waals surface area contributed by atoms with E-state index < -0.39 is 6.04 Å². The van der Waals surface area contributed by atoms with Crippen molar-refractivity contribution in [2.24, 2.45) is 11.8 Å². The molecule has 2 unspecified atom stereocenters. The third kappa shape index (κ3) is 28.5. The number of nitrogens with zero attached hydrogens (tertiary/aromatic N) is 1. The second-order valence-electron chi connectivity index (χ2n) is 13.7. The zero-order valence-electron chi connectivity index (χ0n) is 31.4. The summed E-state index contributed by atoms with van der Waals surface area (Å²) in [5.74, 6) is 1.53. The topological polar surface area (TPSA) is 128 Å².